The number of piperidine rings is 1. The van der Waals surface area contributed by atoms with E-state index in [-0.39, 0.29) is 39.7 Å². The summed E-state index contributed by atoms with van der Waals surface area (Å²) >= 11 is 5.74. The highest BCUT2D eigenvalue weighted by molar-refractivity contribution is 6.30. The van der Waals surface area contributed by atoms with E-state index in [2.05, 4.69) is 31.2 Å². The molecule has 4 amide bonds. The average molecular weight is 653 g/mol. The smallest absolute Gasteiger partial charge is 0.272 e. The predicted molar refractivity (Wildman–Crippen MR) is 171 cm³/mol. The second-order valence-corrected chi connectivity index (χ2v) is 11.5. The molecule has 0 saturated carbocycles. The first-order valence-corrected chi connectivity index (χ1v) is 14.9. The van der Waals surface area contributed by atoms with Gasteiger partial charge in [-0.25, -0.2) is 4.39 Å². The molecule has 0 bridgehead atoms. The van der Waals surface area contributed by atoms with E-state index in [0.717, 1.165) is 32.0 Å². The zero-order valence-corrected chi connectivity index (χ0v) is 25.9. The first-order chi connectivity index (χ1) is 22.0. The molecule has 0 aliphatic carbocycles. The van der Waals surface area contributed by atoms with Crippen LogP contribution in [0.3, 0.4) is 0 Å². The maximum atomic E-state index is 14.1. The SMILES string of the molecule is Cn1cc(NC(=O)c2cc(NC(=O)c3cc(NC(=O)c4ccc(Cl)cc4F)c[nH]3)cn2C)cc1C(=O)NCCN1CCC(O)CC1. The molecule has 1 fully saturated rings. The Bertz CT molecular complexity index is 1770. The number of hydrogen-bond donors (Lipinski definition) is 6. The van der Waals surface area contributed by atoms with Gasteiger partial charge in [-0.05, 0) is 49.2 Å². The molecule has 242 valence electrons. The van der Waals surface area contributed by atoms with Crippen LogP contribution < -0.4 is 21.3 Å². The zero-order chi connectivity index (χ0) is 33.0. The van der Waals surface area contributed by atoms with E-state index < -0.39 is 23.5 Å². The summed E-state index contributed by atoms with van der Waals surface area (Å²) in [4.78, 5) is 56.1. The number of aromatic amines is 1. The lowest BCUT2D eigenvalue weighted by Crippen LogP contribution is -2.41. The first kappa shape index (κ1) is 32.5. The Morgan fingerprint density at radius 3 is 2.13 bits per heavy atom. The Kier molecular flexibility index (Phi) is 9.90. The highest BCUT2D eigenvalue weighted by Gasteiger charge is 2.20. The summed E-state index contributed by atoms with van der Waals surface area (Å²) in [6.07, 6.45) is 5.80. The number of aromatic nitrogens is 3. The third kappa shape index (κ3) is 7.83. The van der Waals surface area contributed by atoms with Gasteiger partial charge in [0, 0.05) is 63.9 Å². The fourth-order valence-electron chi connectivity index (χ4n) is 5.14. The van der Waals surface area contributed by atoms with Gasteiger partial charge in [0.05, 0.1) is 28.7 Å². The van der Waals surface area contributed by atoms with Gasteiger partial charge >= 0.3 is 0 Å². The van der Waals surface area contributed by atoms with Crippen LogP contribution in [0.5, 0.6) is 0 Å². The van der Waals surface area contributed by atoms with Crippen LogP contribution in [0, 0.1) is 5.82 Å². The van der Waals surface area contributed by atoms with E-state index in [0.29, 0.717) is 30.2 Å². The summed E-state index contributed by atoms with van der Waals surface area (Å²) in [5.74, 6) is -2.74. The Balaban J connectivity index is 1.14. The number of aliphatic hydroxyl groups is 1. The highest BCUT2D eigenvalue weighted by atomic mass is 35.5. The summed E-state index contributed by atoms with van der Waals surface area (Å²) in [6, 6.07) is 8.16. The van der Waals surface area contributed by atoms with Crippen LogP contribution in [0.1, 0.15) is 54.7 Å². The van der Waals surface area contributed by atoms with Crippen LogP contribution in [0.2, 0.25) is 5.02 Å². The van der Waals surface area contributed by atoms with E-state index in [1.165, 1.54) is 30.5 Å². The maximum absolute atomic E-state index is 14.1. The number of likely N-dealkylation sites (tertiary alicyclic amines) is 1. The van der Waals surface area contributed by atoms with Crippen molar-refractivity contribution in [2.45, 2.75) is 18.9 Å². The number of aliphatic hydroxyl groups excluding tert-OH is 1. The van der Waals surface area contributed by atoms with E-state index in [9.17, 15) is 28.7 Å². The van der Waals surface area contributed by atoms with Gasteiger partial charge in [-0.2, -0.15) is 0 Å². The number of hydrogen-bond acceptors (Lipinski definition) is 6. The number of amides is 4. The second kappa shape index (κ2) is 14.0. The standard InChI is InChI=1S/C31H34ClFN8O5/c1-39-17-21(13-26(39)30(45)34-7-10-41-8-5-22(42)6-9-41)38-31(46)27-14-20(16-40(27)2)37-29(44)25-12-19(15-35-25)36-28(43)23-4-3-18(32)11-24(23)33/h3-4,11-17,22,35,42H,5-10H2,1-2H3,(H,34,45)(H,36,43)(H,37,44)(H,38,46). The van der Waals surface area contributed by atoms with Gasteiger partial charge in [0.15, 0.2) is 0 Å². The van der Waals surface area contributed by atoms with Gasteiger partial charge < -0.3 is 45.4 Å². The lowest BCUT2D eigenvalue weighted by atomic mass is 10.1. The van der Waals surface area contributed by atoms with Gasteiger partial charge in [-0.1, -0.05) is 11.6 Å². The van der Waals surface area contributed by atoms with Crippen molar-refractivity contribution in [1.82, 2.24) is 24.3 Å². The topological polar surface area (TPSA) is 166 Å². The monoisotopic (exact) mass is 652 g/mol. The number of rotatable bonds is 10. The van der Waals surface area contributed by atoms with Crippen LogP contribution in [-0.4, -0.2) is 80.0 Å². The lowest BCUT2D eigenvalue weighted by molar-refractivity contribution is 0.0802. The quantitative estimate of drug-likeness (QED) is 0.154. The fraction of sp³-hybridized carbons (Fsp3) is 0.290. The molecule has 1 saturated heterocycles. The number of carbonyl (C=O) groups excluding carboxylic acids is 4. The van der Waals surface area contributed by atoms with E-state index in [4.69, 9.17) is 11.6 Å². The third-order valence-electron chi connectivity index (χ3n) is 7.62. The molecule has 4 aromatic rings. The molecular weight excluding hydrogens is 619 g/mol. The van der Waals surface area contributed by atoms with E-state index in [1.54, 1.807) is 41.7 Å². The van der Waals surface area contributed by atoms with Crippen molar-refractivity contribution in [2.24, 2.45) is 14.1 Å². The minimum atomic E-state index is -0.775. The maximum Gasteiger partial charge on any atom is 0.272 e. The molecule has 0 radical (unpaired) electrons. The largest absolute Gasteiger partial charge is 0.393 e. The molecule has 3 aromatic heterocycles. The van der Waals surface area contributed by atoms with Gasteiger partial charge in [-0.3, -0.25) is 19.2 Å². The van der Waals surface area contributed by atoms with Crippen LogP contribution >= 0.6 is 11.6 Å². The van der Waals surface area contributed by atoms with Crippen molar-refractivity contribution in [2.75, 3.05) is 42.1 Å². The van der Waals surface area contributed by atoms with Gasteiger partial charge in [-0.15, -0.1) is 0 Å². The summed E-state index contributed by atoms with van der Waals surface area (Å²) in [5.41, 5.74) is 1.56. The van der Waals surface area contributed by atoms with E-state index in [1.807, 2.05) is 0 Å². The van der Waals surface area contributed by atoms with Crippen molar-refractivity contribution >= 4 is 52.3 Å². The summed E-state index contributed by atoms with van der Waals surface area (Å²) in [5, 5.41) is 20.7. The van der Waals surface area contributed by atoms with Crippen molar-refractivity contribution in [1.29, 1.82) is 0 Å². The molecule has 15 heteroatoms. The van der Waals surface area contributed by atoms with Crippen molar-refractivity contribution in [3.8, 4) is 0 Å². The number of carbonyl (C=O) groups is 4. The van der Waals surface area contributed by atoms with Crippen LogP contribution in [0.4, 0.5) is 21.5 Å². The molecule has 1 aliphatic heterocycles. The minimum Gasteiger partial charge on any atom is -0.393 e. The Morgan fingerprint density at radius 2 is 1.48 bits per heavy atom. The molecule has 13 nitrogen and oxygen atoms in total. The van der Waals surface area contributed by atoms with Crippen molar-refractivity contribution in [3.05, 3.63) is 88.5 Å². The van der Waals surface area contributed by atoms with Crippen LogP contribution in [0.15, 0.2) is 55.0 Å². The van der Waals surface area contributed by atoms with Gasteiger partial charge in [0.1, 0.15) is 22.9 Å². The van der Waals surface area contributed by atoms with Crippen molar-refractivity contribution in [3.63, 3.8) is 0 Å². The molecule has 4 heterocycles. The Labute approximate surface area is 268 Å². The Hall–Kier alpha value is -4.92. The zero-order valence-electron chi connectivity index (χ0n) is 25.2. The summed E-state index contributed by atoms with van der Waals surface area (Å²) in [7, 11) is 3.36. The molecule has 46 heavy (non-hydrogen) atoms. The number of nitrogens with one attached hydrogen (secondary N) is 5. The molecule has 0 unspecified atom stereocenters. The van der Waals surface area contributed by atoms with Crippen LogP contribution in [0.25, 0.3) is 0 Å². The molecule has 0 spiro atoms. The minimum absolute atomic E-state index is 0.117. The number of benzene rings is 1. The number of halogens is 2. The molecule has 6 N–H and O–H groups in total. The molecule has 1 aromatic carbocycles. The van der Waals surface area contributed by atoms with Gasteiger partial charge in [0.25, 0.3) is 23.6 Å². The molecule has 1 aliphatic rings. The predicted octanol–water partition coefficient (Wildman–Crippen LogP) is 3.43. The first-order valence-electron chi connectivity index (χ1n) is 14.6. The Morgan fingerprint density at radius 1 is 0.870 bits per heavy atom. The number of H-pyrrole nitrogens is 1. The number of nitrogens with zero attached hydrogens (tertiary/aromatic N) is 3. The van der Waals surface area contributed by atoms with E-state index >= 15 is 0 Å². The third-order valence-corrected chi connectivity index (χ3v) is 7.86. The van der Waals surface area contributed by atoms with Crippen LogP contribution in [-0.2, 0) is 14.1 Å². The average Bonchev–Trinajstić information content (AvgIpc) is 3.72. The van der Waals surface area contributed by atoms with Crippen molar-refractivity contribution < 1.29 is 28.7 Å². The van der Waals surface area contributed by atoms with Gasteiger partial charge in [0.2, 0.25) is 0 Å². The normalized spacial score (nSPS) is 13.8. The lowest BCUT2D eigenvalue weighted by Gasteiger charge is -2.29. The molecule has 0 atom stereocenters. The number of anilines is 3. The highest BCUT2D eigenvalue weighted by Crippen LogP contribution is 2.20. The molecule has 5 rings (SSSR count). The fourth-order valence-corrected chi connectivity index (χ4v) is 5.30. The molecular formula is C31H34ClFN8O5. The second-order valence-electron chi connectivity index (χ2n) is 11.1. The summed E-state index contributed by atoms with van der Waals surface area (Å²) in [6.45, 7) is 2.74. The number of aryl methyl sites for hydroxylation is 2. The summed E-state index contributed by atoms with van der Waals surface area (Å²) < 4.78 is 17.2.